The lowest BCUT2D eigenvalue weighted by molar-refractivity contribution is -0.0674. The van der Waals surface area contributed by atoms with Gasteiger partial charge in [-0.15, -0.1) is 0 Å². The van der Waals surface area contributed by atoms with Crippen molar-refractivity contribution >= 4 is 11.6 Å². The zero-order chi connectivity index (χ0) is 20.8. The van der Waals surface area contributed by atoms with Crippen LogP contribution in [0.3, 0.4) is 0 Å². The maximum atomic E-state index is 9.02. The molecule has 2 aromatic carbocycles. The van der Waals surface area contributed by atoms with Crippen molar-refractivity contribution in [3.8, 4) is 11.8 Å². The molecule has 2 aliphatic heterocycles. The van der Waals surface area contributed by atoms with Gasteiger partial charge in [0.15, 0.2) is 0 Å². The van der Waals surface area contributed by atoms with E-state index in [-0.39, 0.29) is 6.10 Å². The van der Waals surface area contributed by atoms with Gasteiger partial charge in [-0.25, -0.2) is 0 Å². The number of likely N-dealkylation sites (tertiary alicyclic amines) is 1. The summed E-state index contributed by atoms with van der Waals surface area (Å²) in [6.07, 6.45) is 2.44. The maximum absolute atomic E-state index is 9.02. The summed E-state index contributed by atoms with van der Waals surface area (Å²) in [7, 11) is 0. The van der Waals surface area contributed by atoms with E-state index in [9.17, 15) is 0 Å². The largest absolute Gasteiger partial charge is 0.491 e. The van der Waals surface area contributed by atoms with Crippen molar-refractivity contribution in [3.05, 3.63) is 64.7 Å². The summed E-state index contributed by atoms with van der Waals surface area (Å²) in [5.74, 6) is 0.727. The maximum Gasteiger partial charge on any atom is 0.120 e. The minimum Gasteiger partial charge on any atom is -0.491 e. The van der Waals surface area contributed by atoms with Crippen LogP contribution < -0.4 is 4.74 Å². The van der Waals surface area contributed by atoms with E-state index in [1.807, 2.05) is 24.3 Å². The molecule has 2 fully saturated rings. The van der Waals surface area contributed by atoms with Crippen LogP contribution in [0.4, 0.5) is 0 Å². The molecule has 2 aromatic rings. The van der Waals surface area contributed by atoms with E-state index in [1.54, 1.807) is 12.1 Å². The molecule has 5 nitrogen and oxygen atoms in total. The van der Waals surface area contributed by atoms with Gasteiger partial charge in [0.05, 0.1) is 18.2 Å². The highest BCUT2D eigenvalue weighted by Crippen LogP contribution is 2.22. The van der Waals surface area contributed by atoms with Crippen LogP contribution in [0.1, 0.15) is 24.0 Å². The summed E-state index contributed by atoms with van der Waals surface area (Å²) in [5, 5.41) is 9.82. The molecule has 158 valence electrons. The Morgan fingerprint density at radius 1 is 1.10 bits per heavy atom. The molecule has 0 spiro atoms. The minimum atomic E-state index is 0.0663. The van der Waals surface area contributed by atoms with Crippen molar-refractivity contribution in [3.63, 3.8) is 0 Å². The van der Waals surface area contributed by atoms with Crippen molar-refractivity contribution in [2.24, 2.45) is 0 Å². The number of hydrogen-bond acceptors (Lipinski definition) is 5. The van der Waals surface area contributed by atoms with Crippen LogP contribution >= 0.6 is 11.6 Å². The molecule has 2 heterocycles. The van der Waals surface area contributed by atoms with Crippen LogP contribution in [-0.4, -0.2) is 61.3 Å². The number of benzene rings is 2. The number of halogens is 1. The summed E-state index contributed by atoms with van der Waals surface area (Å²) in [5.41, 5.74) is 1.94. The average molecular weight is 426 g/mol. The smallest absolute Gasteiger partial charge is 0.120 e. The highest BCUT2D eigenvalue weighted by molar-refractivity contribution is 6.30. The molecular formula is C24H28ClN3O2. The predicted molar refractivity (Wildman–Crippen MR) is 118 cm³/mol. The zero-order valence-electron chi connectivity index (χ0n) is 17.2. The fraction of sp³-hybridized carbons (Fsp3) is 0.458. The van der Waals surface area contributed by atoms with Crippen LogP contribution in [0, 0.1) is 11.3 Å². The first-order chi connectivity index (χ1) is 14.7. The van der Waals surface area contributed by atoms with Crippen molar-refractivity contribution in [2.75, 3.05) is 39.4 Å². The Hall–Kier alpha value is -2.10. The van der Waals surface area contributed by atoms with Gasteiger partial charge in [-0.1, -0.05) is 29.8 Å². The van der Waals surface area contributed by atoms with Crippen LogP contribution in [0.2, 0.25) is 5.02 Å². The topological polar surface area (TPSA) is 48.7 Å². The number of piperidine rings is 1. The molecule has 30 heavy (non-hydrogen) atoms. The van der Waals surface area contributed by atoms with Crippen LogP contribution in [0.25, 0.3) is 0 Å². The standard InChI is InChI=1S/C24H28ClN3O2/c25-21-6-4-19(5-7-21)16-27-10-8-22(9-11-27)28-12-13-29-24(17-28)18-30-23-3-1-2-20(14-23)15-26/h1-7,14,22,24H,8-13,16-18H2. The molecule has 1 unspecified atom stereocenters. The Morgan fingerprint density at radius 3 is 2.67 bits per heavy atom. The second-order valence-electron chi connectivity index (χ2n) is 8.07. The first-order valence-electron chi connectivity index (χ1n) is 10.6. The van der Waals surface area contributed by atoms with Crippen molar-refractivity contribution < 1.29 is 9.47 Å². The molecule has 2 aliphatic rings. The fourth-order valence-electron chi connectivity index (χ4n) is 4.31. The molecule has 6 heteroatoms. The van der Waals surface area contributed by atoms with Gasteiger partial charge in [-0.2, -0.15) is 5.26 Å². The van der Waals surface area contributed by atoms with E-state index in [0.717, 1.165) is 50.1 Å². The molecule has 0 radical (unpaired) electrons. The van der Waals surface area contributed by atoms with E-state index in [1.165, 1.54) is 18.4 Å². The Kier molecular flexibility index (Phi) is 7.24. The summed E-state index contributed by atoms with van der Waals surface area (Å²) >= 11 is 5.99. The molecule has 2 saturated heterocycles. The Morgan fingerprint density at radius 2 is 1.90 bits per heavy atom. The Bertz CT molecular complexity index is 859. The molecule has 0 aromatic heterocycles. The number of hydrogen-bond donors (Lipinski definition) is 0. The van der Waals surface area contributed by atoms with E-state index in [4.69, 9.17) is 26.3 Å². The minimum absolute atomic E-state index is 0.0663. The second-order valence-corrected chi connectivity index (χ2v) is 8.51. The van der Waals surface area contributed by atoms with Gasteiger partial charge in [0.2, 0.25) is 0 Å². The molecule has 4 rings (SSSR count). The van der Waals surface area contributed by atoms with Gasteiger partial charge in [-0.3, -0.25) is 9.80 Å². The zero-order valence-corrected chi connectivity index (χ0v) is 17.9. The number of nitriles is 1. The van der Waals surface area contributed by atoms with Gasteiger partial charge in [0.1, 0.15) is 18.5 Å². The summed E-state index contributed by atoms with van der Waals surface area (Å²) < 4.78 is 11.8. The van der Waals surface area contributed by atoms with E-state index in [2.05, 4.69) is 28.0 Å². The van der Waals surface area contributed by atoms with Gasteiger partial charge in [0, 0.05) is 30.7 Å². The van der Waals surface area contributed by atoms with Gasteiger partial charge in [-0.05, 0) is 61.8 Å². The highest BCUT2D eigenvalue weighted by atomic mass is 35.5. The molecule has 0 amide bonds. The lowest BCUT2D eigenvalue weighted by Gasteiger charge is -2.42. The molecular weight excluding hydrogens is 398 g/mol. The first kappa shape index (κ1) is 21.1. The van der Waals surface area contributed by atoms with Gasteiger partial charge >= 0.3 is 0 Å². The third-order valence-corrected chi connectivity index (χ3v) is 6.21. The summed E-state index contributed by atoms with van der Waals surface area (Å²) in [6, 6.07) is 18.2. The average Bonchev–Trinajstić information content (AvgIpc) is 2.80. The summed E-state index contributed by atoms with van der Waals surface area (Å²) in [6.45, 7) is 6.38. The SMILES string of the molecule is N#Cc1cccc(OCC2CN(C3CCN(Cc4ccc(Cl)cc4)CC3)CCO2)c1. The van der Waals surface area contributed by atoms with E-state index in [0.29, 0.717) is 18.2 Å². The van der Waals surface area contributed by atoms with Crippen molar-refractivity contribution in [1.29, 1.82) is 5.26 Å². The fourth-order valence-corrected chi connectivity index (χ4v) is 4.44. The lowest BCUT2D eigenvalue weighted by Crippen LogP contribution is -2.52. The van der Waals surface area contributed by atoms with Gasteiger partial charge in [0.25, 0.3) is 0 Å². The predicted octanol–water partition coefficient (Wildman–Crippen LogP) is 3.96. The highest BCUT2D eigenvalue weighted by Gasteiger charge is 2.29. The van der Waals surface area contributed by atoms with Crippen LogP contribution in [0.15, 0.2) is 48.5 Å². The molecule has 0 bridgehead atoms. The monoisotopic (exact) mass is 425 g/mol. The normalized spacial score (nSPS) is 21.3. The molecule has 0 aliphatic carbocycles. The van der Waals surface area contributed by atoms with Crippen LogP contribution in [-0.2, 0) is 11.3 Å². The third kappa shape index (κ3) is 5.74. The Labute approximate surface area is 183 Å². The van der Waals surface area contributed by atoms with Crippen molar-refractivity contribution in [2.45, 2.75) is 31.5 Å². The lowest BCUT2D eigenvalue weighted by atomic mass is 10.0. The summed E-state index contributed by atoms with van der Waals surface area (Å²) in [4.78, 5) is 5.10. The first-order valence-corrected chi connectivity index (χ1v) is 11.0. The molecule has 0 saturated carbocycles. The number of ether oxygens (including phenoxy) is 2. The number of rotatable bonds is 6. The molecule has 0 N–H and O–H groups in total. The molecule has 1 atom stereocenters. The van der Waals surface area contributed by atoms with Gasteiger partial charge < -0.3 is 9.47 Å². The second kappa shape index (κ2) is 10.3. The number of morpholine rings is 1. The Balaban J connectivity index is 1.23. The van der Waals surface area contributed by atoms with Crippen molar-refractivity contribution in [1.82, 2.24) is 9.80 Å². The van der Waals surface area contributed by atoms with Crippen LogP contribution in [0.5, 0.6) is 5.75 Å². The van der Waals surface area contributed by atoms with E-state index < -0.39 is 0 Å². The third-order valence-electron chi connectivity index (χ3n) is 5.96. The quantitative estimate of drug-likeness (QED) is 0.701. The van der Waals surface area contributed by atoms with E-state index >= 15 is 0 Å². The number of nitrogens with zero attached hydrogens (tertiary/aromatic N) is 3.